The number of aromatic nitrogens is 2. The third-order valence-corrected chi connectivity index (χ3v) is 3.34. The van der Waals surface area contributed by atoms with Gasteiger partial charge in [-0.3, -0.25) is 4.40 Å². The van der Waals surface area contributed by atoms with E-state index in [9.17, 15) is 0 Å². The van der Waals surface area contributed by atoms with E-state index in [1.54, 1.807) is 25.4 Å². The fraction of sp³-hybridized carbons (Fsp3) is 0.308. The number of imidazole rings is 1. The molecule has 104 valence electrons. The highest BCUT2D eigenvalue weighted by Gasteiger charge is 2.10. The molecule has 1 aromatic carbocycles. The molecule has 2 heterocycles. The predicted molar refractivity (Wildman–Crippen MR) is 82.8 cm³/mol. The quantitative estimate of drug-likeness (QED) is 0.612. The normalized spacial score (nSPS) is 11.6. The van der Waals surface area contributed by atoms with E-state index in [-0.39, 0.29) is 0 Å². The van der Waals surface area contributed by atoms with Gasteiger partial charge >= 0.3 is 0 Å². The largest absolute Gasteiger partial charge is 0.266 e. The van der Waals surface area contributed by atoms with Crippen molar-refractivity contribution in [1.29, 1.82) is 0 Å². The predicted octanol–water partition coefficient (Wildman–Crippen LogP) is 5.00. The molecule has 0 unspecified atom stereocenters. The zero-order chi connectivity index (χ0) is 14.5. The van der Waals surface area contributed by atoms with Gasteiger partial charge in [-0.05, 0) is 18.2 Å². The lowest BCUT2D eigenvalue weighted by molar-refractivity contribution is 1.10. The van der Waals surface area contributed by atoms with Gasteiger partial charge in [-0.25, -0.2) is 4.98 Å². The summed E-state index contributed by atoms with van der Waals surface area (Å²) in [4.78, 5) is 5.44. The second kappa shape index (κ2) is 6.33. The summed E-state index contributed by atoms with van der Waals surface area (Å²) < 4.78 is 1.99. The Bertz CT molecular complexity index is 768. The fourth-order valence-electron chi connectivity index (χ4n) is 1.85. The second-order valence-electron chi connectivity index (χ2n) is 3.60. The molecule has 0 spiro atoms. The molecule has 0 atom stereocenters. The van der Waals surface area contributed by atoms with Crippen molar-refractivity contribution in [1.82, 2.24) is 9.38 Å². The summed E-state index contributed by atoms with van der Waals surface area (Å²) in [6.45, 7) is 4.00. The number of rotatable bonds is 2. The Labute approximate surface area is 120 Å². The Morgan fingerprint density at radius 1 is 1.10 bits per heavy atom. The third kappa shape index (κ3) is 2.44. The highest BCUT2D eigenvalue weighted by atomic mass is 32.1. The van der Waals surface area contributed by atoms with Crippen LogP contribution in [-0.4, -0.2) is 23.5 Å². The van der Waals surface area contributed by atoms with Gasteiger partial charge in [0, 0.05) is 19.5 Å². The molecule has 0 fully saturated rings. The molecule has 0 saturated carbocycles. The van der Waals surface area contributed by atoms with Crippen LogP contribution in [-0.2, 0) is 0 Å². The van der Waals surface area contributed by atoms with E-state index in [1.807, 2.05) is 41.8 Å². The summed E-state index contributed by atoms with van der Waals surface area (Å²) in [7, 11) is 3.30. The number of benzene rings is 1. The lowest BCUT2D eigenvalue weighted by Gasteiger charge is -1.94. The van der Waals surface area contributed by atoms with Gasteiger partial charge < -0.3 is 0 Å². The Morgan fingerprint density at radius 3 is 2.55 bits per heavy atom. The van der Waals surface area contributed by atoms with Crippen LogP contribution in [0.3, 0.4) is 0 Å². The van der Waals surface area contributed by atoms with Crippen LogP contribution in [0, 0.1) is 0 Å². The van der Waals surface area contributed by atoms with Crippen molar-refractivity contribution in [3.63, 3.8) is 0 Å². The van der Waals surface area contributed by atoms with Gasteiger partial charge in [-0.15, -0.1) is 16.5 Å². The van der Waals surface area contributed by atoms with E-state index in [4.69, 9.17) is 0 Å². The van der Waals surface area contributed by atoms with E-state index in [0.29, 0.717) is 0 Å². The zero-order valence-corrected chi connectivity index (χ0v) is 12.7. The van der Waals surface area contributed by atoms with Gasteiger partial charge in [-0.1, -0.05) is 13.8 Å². The number of thiazole rings is 1. The number of hydrogen-bond donors (Lipinski definition) is 0. The summed E-state index contributed by atoms with van der Waals surface area (Å²) in [5, 5.41) is 17.6. The number of hydrogen-bond acceptors (Lipinski definition) is 6. The van der Waals surface area contributed by atoms with Crippen LogP contribution in [0.15, 0.2) is 44.0 Å². The Hall–Kier alpha value is -2.15. The van der Waals surface area contributed by atoms with Crippen molar-refractivity contribution < 1.29 is 0 Å². The SMILES string of the molecule is CC.CN=Nc1ccc2c(c1)nc1scc(N=NC)n12. The lowest BCUT2D eigenvalue weighted by Crippen LogP contribution is -1.78. The molecule has 0 radical (unpaired) electrons. The van der Waals surface area contributed by atoms with Crippen LogP contribution in [0.4, 0.5) is 11.5 Å². The maximum Gasteiger partial charge on any atom is 0.196 e. The molecule has 2 aromatic heterocycles. The van der Waals surface area contributed by atoms with Crippen LogP contribution in [0.25, 0.3) is 16.0 Å². The average Bonchev–Trinajstić information content (AvgIpc) is 3.01. The Kier molecular flexibility index (Phi) is 4.52. The Morgan fingerprint density at radius 2 is 1.85 bits per heavy atom. The molecule has 0 bridgehead atoms. The molecule has 7 heteroatoms. The molecule has 3 rings (SSSR count). The van der Waals surface area contributed by atoms with Crippen molar-refractivity contribution in [2.45, 2.75) is 13.8 Å². The van der Waals surface area contributed by atoms with Gasteiger partial charge in [0.05, 0.1) is 16.7 Å². The molecule has 20 heavy (non-hydrogen) atoms. The number of fused-ring (bicyclic) bond motifs is 3. The molecule has 0 aliphatic rings. The van der Waals surface area contributed by atoms with Crippen LogP contribution >= 0.6 is 11.3 Å². The topological polar surface area (TPSA) is 66.7 Å². The van der Waals surface area contributed by atoms with E-state index < -0.39 is 0 Å². The van der Waals surface area contributed by atoms with Crippen molar-refractivity contribution in [2.24, 2.45) is 20.5 Å². The molecular weight excluding hydrogens is 272 g/mol. The summed E-state index contributed by atoms with van der Waals surface area (Å²) in [6.07, 6.45) is 0. The minimum absolute atomic E-state index is 0.796. The van der Waals surface area contributed by atoms with Crippen LogP contribution in [0.5, 0.6) is 0 Å². The summed E-state index contributed by atoms with van der Waals surface area (Å²) in [6, 6.07) is 5.80. The van der Waals surface area contributed by atoms with Crippen LogP contribution in [0.2, 0.25) is 0 Å². The van der Waals surface area contributed by atoms with E-state index in [1.165, 1.54) is 0 Å². The first-order valence-corrected chi connectivity index (χ1v) is 7.21. The summed E-state index contributed by atoms with van der Waals surface area (Å²) in [5.41, 5.74) is 2.69. The second-order valence-corrected chi connectivity index (χ2v) is 4.43. The zero-order valence-electron chi connectivity index (χ0n) is 11.9. The van der Waals surface area contributed by atoms with Gasteiger partial charge in [0.25, 0.3) is 0 Å². The molecule has 3 aromatic rings. The molecule has 0 aliphatic heterocycles. The van der Waals surface area contributed by atoms with E-state index >= 15 is 0 Å². The minimum Gasteiger partial charge on any atom is -0.266 e. The first kappa shape index (κ1) is 14.3. The van der Waals surface area contributed by atoms with Gasteiger partial charge in [0.15, 0.2) is 10.8 Å². The first-order chi connectivity index (χ1) is 9.83. The third-order valence-electron chi connectivity index (χ3n) is 2.52. The fourth-order valence-corrected chi connectivity index (χ4v) is 2.67. The van der Waals surface area contributed by atoms with E-state index in [0.717, 1.165) is 27.5 Å². The van der Waals surface area contributed by atoms with Crippen molar-refractivity contribution in [3.05, 3.63) is 23.6 Å². The maximum absolute atomic E-state index is 4.54. The van der Waals surface area contributed by atoms with Crippen molar-refractivity contribution in [3.8, 4) is 0 Å². The van der Waals surface area contributed by atoms with Gasteiger partial charge in [-0.2, -0.15) is 15.3 Å². The molecular formula is C13H16N6S. The molecule has 0 amide bonds. The van der Waals surface area contributed by atoms with Gasteiger partial charge in [0.2, 0.25) is 0 Å². The average molecular weight is 288 g/mol. The molecule has 0 saturated heterocycles. The summed E-state index contributed by atoms with van der Waals surface area (Å²) in [5.74, 6) is 0.796. The molecule has 6 nitrogen and oxygen atoms in total. The smallest absolute Gasteiger partial charge is 0.196 e. The monoisotopic (exact) mass is 288 g/mol. The highest BCUT2D eigenvalue weighted by molar-refractivity contribution is 7.15. The number of nitrogens with zero attached hydrogens (tertiary/aromatic N) is 6. The summed E-state index contributed by atoms with van der Waals surface area (Å²) >= 11 is 1.54. The molecule has 0 N–H and O–H groups in total. The van der Waals surface area contributed by atoms with Crippen molar-refractivity contribution in [2.75, 3.05) is 14.1 Å². The highest BCUT2D eigenvalue weighted by Crippen LogP contribution is 2.30. The maximum atomic E-state index is 4.54. The van der Waals surface area contributed by atoms with E-state index in [2.05, 4.69) is 25.4 Å². The van der Waals surface area contributed by atoms with Crippen LogP contribution < -0.4 is 0 Å². The first-order valence-electron chi connectivity index (χ1n) is 6.33. The lowest BCUT2D eigenvalue weighted by atomic mass is 10.3. The van der Waals surface area contributed by atoms with Crippen LogP contribution in [0.1, 0.15) is 13.8 Å². The van der Waals surface area contributed by atoms with Gasteiger partial charge in [0.1, 0.15) is 0 Å². The standard InChI is InChI=1S/C11H10N6S.C2H6/c1-12-15-7-3-4-9-8(5-7)14-11-17(9)10(6-18-11)16-13-2;1-2/h3-6H,1-2H3;1-2H3. The molecule has 0 aliphatic carbocycles. The van der Waals surface area contributed by atoms with Crippen molar-refractivity contribution >= 4 is 38.8 Å². The minimum atomic E-state index is 0.796. The Balaban J connectivity index is 0.000000704. The number of azo groups is 2.